The lowest BCUT2D eigenvalue weighted by Gasteiger charge is -2.40. The standard InChI is InChI=1S/C22H31N5O3/c1-12-8-16(10-22(5,6)9-12)26-14(3)15(4)27-17-18(23-20(26)27)24(7)21(30)25(19(17)29)11-13(2)28/h12,16H,8-11H2,1-7H3/t12-,16+/m0/s1. The molecule has 162 valence electrons. The normalized spacial score (nSPS) is 21.6. The predicted octanol–water partition coefficient (Wildman–Crippen LogP) is 2.74. The van der Waals surface area contributed by atoms with Gasteiger partial charge in [-0.25, -0.2) is 4.79 Å². The van der Waals surface area contributed by atoms with Crippen LogP contribution in [0.1, 0.15) is 64.4 Å². The van der Waals surface area contributed by atoms with E-state index in [1.165, 1.54) is 17.9 Å². The summed E-state index contributed by atoms with van der Waals surface area (Å²) in [5.41, 5.74) is 1.99. The molecule has 1 aliphatic carbocycles. The summed E-state index contributed by atoms with van der Waals surface area (Å²) in [6.07, 6.45) is 3.29. The van der Waals surface area contributed by atoms with E-state index in [4.69, 9.17) is 4.98 Å². The number of ketones is 1. The van der Waals surface area contributed by atoms with E-state index < -0.39 is 11.2 Å². The van der Waals surface area contributed by atoms with Gasteiger partial charge in [0, 0.05) is 24.5 Å². The van der Waals surface area contributed by atoms with Crippen LogP contribution in [-0.4, -0.2) is 28.9 Å². The Morgan fingerprint density at radius 2 is 1.83 bits per heavy atom. The third-order valence-corrected chi connectivity index (χ3v) is 6.67. The number of hydrogen-bond donors (Lipinski definition) is 0. The molecule has 3 aromatic heterocycles. The van der Waals surface area contributed by atoms with Crippen molar-refractivity contribution < 1.29 is 4.79 Å². The van der Waals surface area contributed by atoms with Gasteiger partial charge in [0.15, 0.2) is 11.2 Å². The van der Waals surface area contributed by atoms with Crippen molar-refractivity contribution in [3.63, 3.8) is 0 Å². The summed E-state index contributed by atoms with van der Waals surface area (Å²) in [6.45, 7) is 12.1. The summed E-state index contributed by atoms with van der Waals surface area (Å²) in [4.78, 5) is 42.4. The molecule has 0 spiro atoms. The number of nitrogens with zero attached hydrogens (tertiary/aromatic N) is 5. The Morgan fingerprint density at radius 3 is 2.43 bits per heavy atom. The number of aryl methyl sites for hydroxylation is 2. The minimum absolute atomic E-state index is 0.233. The summed E-state index contributed by atoms with van der Waals surface area (Å²) in [5, 5.41) is 0. The van der Waals surface area contributed by atoms with Crippen LogP contribution in [0.25, 0.3) is 16.9 Å². The summed E-state index contributed by atoms with van der Waals surface area (Å²) in [6, 6.07) is 0.285. The molecule has 4 rings (SSSR count). The SMILES string of the molecule is CC(=O)Cn1c(=O)c2c(nc3n([C@@H]4C[C@H](C)CC(C)(C)C4)c(C)c(C)n23)n(C)c1=O. The second-order valence-corrected chi connectivity index (χ2v) is 9.96. The number of imidazole rings is 2. The largest absolute Gasteiger partial charge is 0.332 e. The number of fused-ring (bicyclic) bond motifs is 3. The Balaban J connectivity index is 2.06. The highest BCUT2D eigenvalue weighted by atomic mass is 16.2. The van der Waals surface area contributed by atoms with Crippen molar-refractivity contribution in [2.45, 2.75) is 73.4 Å². The molecule has 0 N–H and O–H groups in total. The van der Waals surface area contributed by atoms with Gasteiger partial charge in [-0.1, -0.05) is 20.8 Å². The molecule has 0 aromatic carbocycles. The number of carbonyl (C=O) groups excluding carboxylic acids is 1. The van der Waals surface area contributed by atoms with Crippen LogP contribution in [0.15, 0.2) is 9.59 Å². The van der Waals surface area contributed by atoms with Crippen LogP contribution in [0.3, 0.4) is 0 Å². The minimum Gasteiger partial charge on any atom is -0.311 e. The number of rotatable bonds is 3. The number of Topliss-reactive ketones (excluding diaryl/α,β-unsaturated/α-hetero) is 1. The lowest BCUT2D eigenvalue weighted by molar-refractivity contribution is -0.117. The van der Waals surface area contributed by atoms with Crippen molar-refractivity contribution in [1.82, 2.24) is 23.1 Å². The molecule has 30 heavy (non-hydrogen) atoms. The highest BCUT2D eigenvalue weighted by Crippen LogP contribution is 2.45. The topological polar surface area (TPSA) is 83.3 Å². The Morgan fingerprint density at radius 1 is 1.17 bits per heavy atom. The molecule has 0 saturated heterocycles. The van der Waals surface area contributed by atoms with E-state index in [2.05, 4.69) is 32.3 Å². The molecule has 3 aromatic rings. The first-order chi connectivity index (χ1) is 13.9. The zero-order valence-corrected chi connectivity index (χ0v) is 18.9. The second kappa shape index (κ2) is 6.68. The molecular weight excluding hydrogens is 382 g/mol. The highest BCUT2D eigenvalue weighted by molar-refractivity contribution is 5.78. The lowest BCUT2D eigenvalue weighted by Crippen LogP contribution is -2.40. The van der Waals surface area contributed by atoms with Crippen molar-refractivity contribution in [1.29, 1.82) is 0 Å². The van der Waals surface area contributed by atoms with Crippen LogP contribution < -0.4 is 11.2 Å². The fraction of sp³-hybridized carbons (Fsp3) is 0.636. The van der Waals surface area contributed by atoms with Crippen molar-refractivity contribution >= 4 is 22.7 Å². The smallest absolute Gasteiger partial charge is 0.311 e. The maximum absolute atomic E-state index is 13.2. The van der Waals surface area contributed by atoms with Gasteiger partial charge in [-0.2, -0.15) is 4.98 Å². The first kappa shape index (κ1) is 20.6. The number of aromatic nitrogens is 5. The predicted molar refractivity (Wildman–Crippen MR) is 116 cm³/mol. The third kappa shape index (κ3) is 2.96. The summed E-state index contributed by atoms with van der Waals surface area (Å²) < 4.78 is 6.51. The van der Waals surface area contributed by atoms with Gasteiger partial charge in [0.2, 0.25) is 5.78 Å². The molecule has 0 aliphatic heterocycles. The van der Waals surface area contributed by atoms with Gasteiger partial charge in [-0.15, -0.1) is 0 Å². The van der Waals surface area contributed by atoms with Gasteiger partial charge in [0.1, 0.15) is 5.78 Å². The van der Waals surface area contributed by atoms with E-state index in [-0.39, 0.29) is 23.8 Å². The van der Waals surface area contributed by atoms with Gasteiger partial charge < -0.3 is 4.57 Å². The zero-order valence-electron chi connectivity index (χ0n) is 18.9. The quantitative estimate of drug-likeness (QED) is 0.661. The maximum atomic E-state index is 13.2. The van der Waals surface area contributed by atoms with Gasteiger partial charge >= 0.3 is 5.69 Å². The Bertz CT molecular complexity index is 1300. The average Bonchev–Trinajstić information content (AvgIpc) is 3.11. The van der Waals surface area contributed by atoms with Gasteiger partial charge in [0.25, 0.3) is 5.56 Å². The zero-order chi connectivity index (χ0) is 22.1. The Kier molecular flexibility index (Phi) is 4.60. The van der Waals surface area contributed by atoms with E-state index in [1.54, 1.807) is 7.05 Å². The summed E-state index contributed by atoms with van der Waals surface area (Å²) >= 11 is 0. The van der Waals surface area contributed by atoms with Crippen LogP contribution in [0, 0.1) is 25.2 Å². The molecule has 1 fully saturated rings. The molecule has 8 nitrogen and oxygen atoms in total. The van der Waals surface area contributed by atoms with Crippen LogP contribution in [0.5, 0.6) is 0 Å². The van der Waals surface area contributed by atoms with Crippen LogP contribution >= 0.6 is 0 Å². The lowest BCUT2D eigenvalue weighted by atomic mass is 9.70. The van der Waals surface area contributed by atoms with E-state index in [1.807, 2.05) is 11.3 Å². The van der Waals surface area contributed by atoms with Gasteiger partial charge in [-0.05, 0) is 51.4 Å². The van der Waals surface area contributed by atoms with E-state index in [0.29, 0.717) is 22.9 Å². The molecule has 2 atom stereocenters. The van der Waals surface area contributed by atoms with Crippen LogP contribution in [-0.2, 0) is 18.4 Å². The fourth-order valence-corrected chi connectivity index (χ4v) is 5.57. The Hall–Kier alpha value is -2.64. The van der Waals surface area contributed by atoms with E-state index in [9.17, 15) is 14.4 Å². The summed E-state index contributed by atoms with van der Waals surface area (Å²) in [5.74, 6) is 1.06. The van der Waals surface area contributed by atoms with E-state index >= 15 is 0 Å². The first-order valence-corrected chi connectivity index (χ1v) is 10.6. The summed E-state index contributed by atoms with van der Waals surface area (Å²) in [7, 11) is 1.60. The second-order valence-electron chi connectivity index (χ2n) is 9.96. The van der Waals surface area contributed by atoms with Crippen molar-refractivity contribution in [2.24, 2.45) is 18.4 Å². The van der Waals surface area contributed by atoms with Gasteiger partial charge in [0.05, 0.1) is 6.54 Å². The highest BCUT2D eigenvalue weighted by Gasteiger charge is 2.35. The molecule has 1 saturated carbocycles. The fourth-order valence-electron chi connectivity index (χ4n) is 5.57. The molecular formula is C22H31N5O3. The molecule has 0 unspecified atom stereocenters. The molecule has 0 bridgehead atoms. The molecule has 3 heterocycles. The monoisotopic (exact) mass is 413 g/mol. The minimum atomic E-state index is -0.517. The number of carbonyl (C=O) groups is 1. The van der Waals surface area contributed by atoms with Crippen LogP contribution in [0.2, 0.25) is 0 Å². The Labute approximate surface area is 175 Å². The molecule has 0 amide bonds. The van der Waals surface area contributed by atoms with Crippen molar-refractivity contribution in [3.05, 3.63) is 32.2 Å². The van der Waals surface area contributed by atoms with Crippen molar-refractivity contribution in [3.8, 4) is 0 Å². The number of hydrogen-bond acceptors (Lipinski definition) is 4. The molecule has 8 heteroatoms. The van der Waals surface area contributed by atoms with Crippen molar-refractivity contribution in [2.75, 3.05) is 0 Å². The van der Waals surface area contributed by atoms with Gasteiger partial charge in [-0.3, -0.25) is 23.1 Å². The first-order valence-electron chi connectivity index (χ1n) is 10.6. The maximum Gasteiger partial charge on any atom is 0.332 e. The molecule has 0 radical (unpaired) electrons. The van der Waals surface area contributed by atoms with Crippen LogP contribution in [0.4, 0.5) is 0 Å². The third-order valence-electron chi connectivity index (χ3n) is 6.67. The molecule has 1 aliphatic rings. The van der Waals surface area contributed by atoms with E-state index in [0.717, 1.165) is 28.8 Å². The average molecular weight is 414 g/mol.